The predicted molar refractivity (Wildman–Crippen MR) is 83.9 cm³/mol. The van der Waals surface area contributed by atoms with Crippen molar-refractivity contribution in [3.63, 3.8) is 0 Å². The summed E-state index contributed by atoms with van der Waals surface area (Å²) in [7, 11) is -1.60. The lowest BCUT2D eigenvalue weighted by molar-refractivity contribution is 0.179. The van der Waals surface area contributed by atoms with Gasteiger partial charge >= 0.3 is 0 Å². The van der Waals surface area contributed by atoms with Gasteiger partial charge in [-0.3, -0.25) is 0 Å². The first-order chi connectivity index (χ1) is 9.29. The number of nitrogens with one attached hydrogen (secondary N) is 1. The predicted octanol–water partition coefficient (Wildman–Crippen LogP) is 1.67. The summed E-state index contributed by atoms with van der Waals surface area (Å²) in [6.07, 6.45) is 4.02. The maximum atomic E-state index is 12.5. The highest BCUT2D eigenvalue weighted by molar-refractivity contribution is 7.86. The summed E-state index contributed by atoms with van der Waals surface area (Å²) in [5.74, 6) is 0. The van der Waals surface area contributed by atoms with Crippen LogP contribution in [-0.2, 0) is 10.2 Å². The quantitative estimate of drug-likeness (QED) is 0.694. The van der Waals surface area contributed by atoms with Crippen LogP contribution in [0.2, 0.25) is 0 Å². The van der Waals surface area contributed by atoms with Gasteiger partial charge < -0.3 is 5.32 Å². The molecule has 0 unspecified atom stereocenters. The topological polar surface area (TPSA) is 52.7 Å². The van der Waals surface area contributed by atoms with Gasteiger partial charge in [-0.2, -0.15) is 17.0 Å². The van der Waals surface area contributed by atoms with Crippen LogP contribution in [0.3, 0.4) is 0 Å². The summed E-state index contributed by atoms with van der Waals surface area (Å²) < 4.78 is 28.2. The third-order valence-electron chi connectivity index (χ3n) is 3.84. The second kappa shape index (κ2) is 7.73. The van der Waals surface area contributed by atoms with Crippen molar-refractivity contribution in [2.24, 2.45) is 5.41 Å². The molecule has 0 amide bonds. The first-order valence-electron chi connectivity index (χ1n) is 7.72. The summed E-state index contributed by atoms with van der Waals surface area (Å²) in [5.41, 5.74) is 0.0921. The van der Waals surface area contributed by atoms with Gasteiger partial charge in [0, 0.05) is 26.7 Å². The Bertz CT molecular complexity index is 382. The molecule has 1 fully saturated rings. The lowest BCUT2D eigenvalue weighted by atomic mass is 9.85. The van der Waals surface area contributed by atoms with Gasteiger partial charge in [-0.05, 0) is 44.2 Å². The van der Waals surface area contributed by atoms with Crippen LogP contribution in [0.5, 0.6) is 0 Å². The van der Waals surface area contributed by atoms with Crippen LogP contribution < -0.4 is 5.32 Å². The molecule has 1 saturated heterocycles. The van der Waals surface area contributed by atoms with Gasteiger partial charge in [0.2, 0.25) is 0 Å². The molecule has 0 spiro atoms. The maximum absolute atomic E-state index is 12.5. The van der Waals surface area contributed by atoms with E-state index in [1.165, 1.54) is 4.31 Å². The molecule has 0 aromatic carbocycles. The zero-order valence-corrected chi connectivity index (χ0v) is 14.3. The Kier molecular flexibility index (Phi) is 6.91. The second-order valence-electron chi connectivity index (χ2n) is 6.53. The molecular weight excluding hydrogens is 274 g/mol. The Morgan fingerprint density at radius 2 is 2.00 bits per heavy atom. The summed E-state index contributed by atoms with van der Waals surface area (Å²) in [5, 5.41) is 3.30. The zero-order valence-electron chi connectivity index (χ0n) is 13.5. The Hall–Kier alpha value is -0.170. The summed E-state index contributed by atoms with van der Waals surface area (Å²) in [6.45, 7) is 10.2. The van der Waals surface area contributed by atoms with Gasteiger partial charge in [0.1, 0.15) is 0 Å². The number of nitrogens with zero attached hydrogens (tertiary/aromatic N) is 2. The lowest BCUT2D eigenvalue weighted by Gasteiger charge is -2.38. The van der Waals surface area contributed by atoms with E-state index in [1.807, 2.05) is 0 Å². The first kappa shape index (κ1) is 17.9. The molecule has 1 aliphatic rings. The number of hydrogen-bond acceptors (Lipinski definition) is 3. The summed E-state index contributed by atoms with van der Waals surface area (Å²) in [4.78, 5) is 0. The van der Waals surface area contributed by atoms with E-state index in [0.29, 0.717) is 19.6 Å². The molecule has 0 saturated carbocycles. The normalized spacial score (nSPS) is 20.4. The number of hydrogen-bond donors (Lipinski definition) is 1. The monoisotopic (exact) mass is 305 g/mol. The van der Waals surface area contributed by atoms with Gasteiger partial charge in [-0.25, -0.2) is 0 Å². The Morgan fingerprint density at radius 3 is 2.60 bits per heavy atom. The zero-order chi connectivity index (χ0) is 15.2. The van der Waals surface area contributed by atoms with Crippen LogP contribution in [0.25, 0.3) is 0 Å². The van der Waals surface area contributed by atoms with E-state index < -0.39 is 10.2 Å². The smallest absolute Gasteiger partial charge is 0.281 e. The number of piperidine rings is 1. The molecule has 0 aliphatic carbocycles. The highest BCUT2D eigenvalue weighted by atomic mass is 32.2. The fourth-order valence-corrected chi connectivity index (χ4v) is 4.23. The lowest BCUT2D eigenvalue weighted by Crippen LogP contribution is -2.49. The minimum atomic E-state index is -3.29. The van der Waals surface area contributed by atoms with Crippen molar-refractivity contribution < 1.29 is 8.42 Å². The molecule has 0 radical (unpaired) electrons. The molecule has 1 rings (SSSR count). The molecule has 20 heavy (non-hydrogen) atoms. The van der Waals surface area contributed by atoms with Crippen molar-refractivity contribution in [3.05, 3.63) is 0 Å². The van der Waals surface area contributed by atoms with Gasteiger partial charge in [0.05, 0.1) is 0 Å². The van der Waals surface area contributed by atoms with Crippen molar-refractivity contribution in [1.82, 2.24) is 13.9 Å². The SMILES string of the molecule is CCCNCCCN(C)S(=O)(=O)N1CCCC(C)(C)C1. The van der Waals surface area contributed by atoms with Crippen LogP contribution >= 0.6 is 0 Å². The second-order valence-corrected chi connectivity index (χ2v) is 8.57. The molecule has 5 nitrogen and oxygen atoms in total. The molecular formula is C14H31N3O2S. The van der Waals surface area contributed by atoms with E-state index >= 15 is 0 Å². The standard InChI is InChI=1S/C14H31N3O2S/c1-5-9-15-10-7-11-16(4)20(18,19)17-12-6-8-14(2,3)13-17/h15H,5-13H2,1-4H3. The highest BCUT2D eigenvalue weighted by Crippen LogP contribution is 2.30. The molecule has 0 atom stereocenters. The average molecular weight is 305 g/mol. The van der Waals surface area contributed by atoms with Gasteiger partial charge in [-0.1, -0.05) is 20.8 Å². The van der Waals surface area contributed by atoms with E-state index in [4.69, 9.17) is 0 Å². The molecule has 120 valence electrons. The number of rotatable bonds is 8. The first-order valence-corrected chi connectivity index (χ1v) is 9.11. The molecule has 0 bridgehead atoms. The van der Waals surface area contributed by atoms with Crippen molar-refractivity contribution >= 4 is 10.2 Å². The maximum Gasteiger partial charge on any atom is 0.281 e. The van der Waals surface area contributed by atoms with Gasteiger partial charge in [-0.15, -0.1) is 0 Å². The average Bonchev–Trinajstić information content (AvgIpc) is 2.37. The molecule has 1 N–H and O–H groups in total. The third kappa shape index (κ3) is 5.31. The van der Waals surface area contributed by atoms with Gasteiger partial charge in [0.25, 0.3) is 10.2 Å². The van der Waals surface area contributed by atoms with Crippen LogP contribution in [0.15, 0.2) is 0 Å². The third-order valence-corrected chi connectivity index (χ3v) is 5.77. The van der Waals surface area contributed by atoms with Crippen LogP contribution in [0.1, 0.15) is 46.5 Å². The molecule has 0 aromatic rings. The summed E-state index contributed by atoms with van der Waals surface area (Å²) >= 11 is 0. The van der Waals surface area contributed by atoms with Crippen LogP contribution in [-0.4, -0.2) is 56.8 Å². The van der Waals surface area contributed by atoms with E-state index in [9.17, 15) is 8.42 Å². The van der Waals surface area contributed by atoms with E-state index in [-0.39, 0.29) is 5.41 Å². The molecule has 6 heteroatoms. The fraction of sp³-hybridized carbons (Fsp3) is 1.00. The van der Waals surface area contributed by atoms with Crippen molar-refractivity contribution in [3.8, 4) is 0 Å². The Labute approximate surface area is 124 Å². The van der Waals surface area contributed by atoms with Gasteiger partial charge in [0.15, 0.2) is 0 Å². The fourth-order valence-electron chi connectivity index (χ4n) is 2.61. The minimum absolute atomic E-state index is 0.0921. The minimum Gasteiger partial charge on any atom is -0.317 e. The molecule has 1 heterocycles. The Morgan fingerprint density at radius 1 is 1.30 bits per heavy atom. The van der Waals surface area contributed by atoms with E-state index in [0.717, 1.165) is 38.8 Å². The van der Waals surface area contributed by atoms with Crippen LogP contribution in [0, 0.1) is 5.41 Å². The van der Waals surface area contributed by atoms with Crippen LogP contribution in [0.4, 0.5) is 0 Å². The highest BCUT2D eigenvalue weighted by Gasteiger charge is 2.35. The Balaban J connectivity index is 2.46. The van der Waals surface area contributed by atoms with E-state index in [1.54, 1.807) is 11.4 Å². The largest absolute Gasteiger partial charge is 0.317 e. The van der Waals surface area contributed by atoms with Crippen molar-refractivity contribution in [2.75, 3.05) is 39.8 Å². The van der Waals surface area contributed by atoms with Crippen molar-refractivity contribution in [1.29, 1.82) is 0 Å². The van der Waals surface area contributed by atoms with E-state index in [2.05, 4.69) is 26.1 Å². The molecule has 0 aromatic heterocycles. The van der Waals surface area contributed by atoms with Crippen molar-refractivity contribution in [2.45, 2.75) is 46.5 Å². The summed E-state index contributed by atoms with van der Waals surface area (Å²) in [6, 6.07) is 0. The molecule has 1 aliphatic heterocycles.